The van der Waals surface area contributed by atoms with E-state index in [4.69, 9.17) is 0 Å². The van der Waals surface area contributed by atoms with Gasteiger partial charge >= 0.3 is 0 Å². The van der Waals surface area contributed by atoms with Crippen LogP contribution in [0.1, 0.15) is 26.7 Å². The van der Waals surface area contributed by atoms with Gasteiger partial charge in [-0.25, -0.2) is 0 Å². The Kier molecular flexibility index (Phi) is 5.62. The maximum atomic E-state index is 11.8. The Bertz CT molecular complexity index is 385. The van der Waals surface area contributed by atoms with Crippen LogP contribution in [0.3, 0.4) is 0 Å². The van der Waals surface area contributed by atoms with Gasteiger partial charge in [0.2, 0.25) is 5.91 Å². The first-order valence-electron chi connectivity index (χ1n) is 6.22. The summed E-state index contributed by atoms with van der Waals surface area (Å²) < 4.78 is 1.86. The second kappa shape index (κ2) is 6.75. The zero-order chi connectivity index (χ0) is 12.3. The van der Waals surface area contributed by atoms with Crippen LogP contribution in [-0.4, -0.2) is 28.3 Å². The van der Waals surface area contributed by atoms with Crippen molar-refractivity contribution in [2.45, 2.75) is 39.3 Å². The van der Waals surface area contributed by atoms with Crippen LogP contribution in [0.5, 0.6) is 0 Å². The fourth-order valence-electron chi connectivity index (χ4n) is 2.04. The van der Waals surface area contributed by atoms with E-state index in [1.807, 2.05) is 10.9 Å². The largest absolute Gasteiger partial charge is 0.322 e. The lowest BCUT2D eigenvalue weighted by Gasteiger charge is -2.09. The molecule has 2 rings (SSSR count). The van der Waals surface area contributed by atoms with Crippen molar-refractivity contribution in [2.24, 2.45) is 5.92 Å². The number of rotatable bonds is 4. The minimum Gasteiger partial charge on any atom is -0.322 e. The Morgan fingerprint density at radius 2 is 2.44 bits per heavy atom. The molecule has 0 bridgehead atoms. The third-order valence-corrected chi connectivity index (χ3v) is 2.83. The molecule has 1 aliphatic rings. The van der Waals surface area contributed by atoms with E-state index in [-0.39, 0.29) is 24.4 Å². The van der Waals surface area contributed by atoms with Crippen LogP contribution >= 0.6 is 12.4 Å². The fraction of sp³-hybridized carbons (Fsp3) is 0.667. The van der Waals surface area contributed by atoms with Gasteiger partial charge in [-0.1, -0.05) is 13.8 Å². The average Bonchev–Trinajstić information content (AvgIpc) is 2.87. The summed E-state index contributed by atoms with van der Waals surface area (Å²) in [5, 5.41) is 10.3. The Hall–Kier alpha value is -1.07. The van der Waals surface area contributed by atoms with Crippen molar-refractivity contribution < 1.29 is 4.79 Å². The topological polar surface area (TPSA) is 59.0 Å². The van der Waals surface area contributed by atoms with E-state index in [0.717, 1.165) is 31.6 Å². The fourth-order valence-corrected chi connectivity index (χ4v) is 2.04. The zero-order valence-electron chi connectivity index (χ0n) is 10.8. The average molecular weight is 273 g/mol. The molecule has 0 aromatic carbocycles. The smallest absolute Gasteiger partial charge is 0.241 e. The molecule has 2 heterocycles. The number of nitrogens with one attached hydrogen (secondary N) is 2. The molecule has 18 heavy (non-hydrogen) atoms. The summed E-state index contributed by atoms with van der Waals surface area (Å²) in [6.07, 6.45) is 5.58. The summed E-state index contributed by atoms with van der Waals surface area (Å²) in [4.78, 5) is 11.8. The van der Waals surface area contributed by atoms with E-state index in [1.54, 1.807) is 6.20 Å². The number of amides is 1. The number of nitrogens with zero attached hydrogens (tertiary/aromatic N) is 2. The number of anilines is 1. The molecule has 102 valence electrons. The Balaban J connectivity index is 0.00000162. The number of hydrogen-bond donors (Lipinski definition) is 2. The van der Waals surface area contributed by atoms with Crippen LogP contribution in [0.4, 0.5) is 5.69 Å². The lowest BCUT2D eigenvalue weighted by Crippen LogP contribution is -2.35. The van der Waals surface area contributed by atoms with Crippen LogP contribution in [0.15, 0.2) is 12.4 Å². The molecule has 1 aliphatic heterocycles. The van der Waals surface area contributed by atoms with Gasteiger partial charge in [0.25, 0.3) is 0 Å². The Morgan fingerprint density at radius 3 is 3.06 bits per heavy atom. The lowest BCUT2D eigenvalue weighted by atomic mass is 10.2. The van der Waals surface area contributed by atoms with Crippen molar-refractivity contribution in [3.05, 3.63) is 12.4 Å². The van der Waals surface area contributed by atoms with Crippen LogP contribution in [0.2, 0.25) is 0 Å². The van der Waals surface area contributed by atoms with Gasteiger partial charge in [0, 0.05) is 12.7 Å². The Labute approximate surface area is 114 Å². The molecule has 1 atom stereocenters. The van der Waals surface area contributed by atoms with E-state index in [1.165, 1.54) is 0 Å². The van der Waals surface area contributed by atoms with Crippen molar-refractivity contribution in [3.8, 4) is 0 Å². The standard InChI is InChI=1S/C12H20N4O.ClH/c1-9(2)7-16-8-10(6-14-16)15-12(17)11-4-3-5-13-11;/h6,8-9,11,13H,3-5,7H2,1-2H3,(H,15,17);1H. The molecule has 1 saturated heterocycles. The van der Waals surface area contributed by atoms with Crippen molar-refractivity contribution in [3.63, 3.8) is 0 Å². The molecule has 0 aliphatic carbocycles. The van der Waals surface area contributed by atoms with Crippen LogP contribution in [-0.2, 0) is 11.3 Å². The summed E-state index contributed by atoms with van der Waals surface area (Å²) in [5.74, 6) is 0.599. The quantitative estimate of drug-likeness (QED) is 0.876. The summed E-state index contributed by atoms with van der Waals surface area (Å²) in [5.41, 5.74) is 0.782. The SMILES string of the molecule is CC(C)Cn1cc(NC(=O)C2CCCN2)cn1.Cl. The molecule has 2 N–H and O–H groups in total. The van der Waals surface area contributed by atoms with Gasteiger partial charge in [-0.05, 0) is 25.3 Å². The van der Waals surface area contributed by atoms with Gasteiger partial charge in [-0.3, -0.25) is 9.48 Å². The predicted octanol–water partition coefficient (Wildman–Crippen LogP) is 1.65. The molecule has 1 aromatic heterocycles. The highest BCUT2D eigenvalue weighted by Crippen LogP contribution is 2.11. The van der Waals surface area contributed by atoms with Gasteiger partial charge in [0.05, 0.1) is 17.9 Å². The molecule has 1 fully saturated rings. The van der Waals surface area contributed by atoms with E-state index in [2.05, 4.69) is 29.6 Å². The van der Waals surface area contributed by atoms with Crippen molar-refractivity contribution >= 4 is 24.0 Å². The van der Waals surface area contributed by atoms with Crippen LogP contribution < -0.4 is 10.6 Å². The highest BCUT2D eigenvalue weighted by molar-refractivity contribution is 5.94. The molecule has 1 unspecified atom stereocenters. The number of carbonyl (C=O) groups is 1. The molecule has 6 heteroatoms. The normalized spacial score (nSPS) is 18.7. The summed E-state index contributed by atoms with van der Waals surface area (Å²) in [6, 6.07) is -0.0385. The van der Waals surface area contributed by atoms with Gasteiger partial charge < -0.3 is 10.6 Å². The highest BCUT2D eigenvalue weighted by Gasteiger charge is 2.22. The lowest BCUT2D eigenvalue weighted by molar-refractivity contribution is -0.117. The molecule has 0 spiro atoms. The maximum absolute atomic E-state index is 11.8. The van der Waals surface area contributed by atoms with Crippen LogP contribution in [0.25, 0.3) is 0 Å². The van der Waals surface area contributed by atoms with Gasteiger partial charge in [0.15, 0.2) is 0 Å². The second-order valence-corrected chi connectivity index (χ2v) is 4.98. The first-order valence-corrected chi connectivity index (χ1v) is 6.22. The summed E-state index contributed by atoms with van der Waals surface area (Å²) in [7, 11) is 0. The first kappa shape index (κ1) is 15.0. The minimum atomic E-state index is -0.0385. The van der Waals surface area contributed by atoms with Crippen molar-refractivity contribution in [1.29, 1.82) is 0 Å². The molecule has 1 amide bonds. The number of carbonyl (C=O) groups excluding carboxylic acids is 1. The molecular weight excluding hydrogens is 252 g/mol. The van der Waals surface area contributed by atoms with Gasteiger partial charge in [-0.2, -0.15) is 5.10 Å². The maximum Gasteiger partial charge on any atom is 0.241 e. The van der Waals surface area contributed by atoms with E-state index >= 15 is 0 Å². The third-order valence-electron chi connectivity index (χ3n) is 2.83. The number of aromatic nitrogens is 2. The summed E-state index contributed by atoms with van der Waals surface area (Å²) >= 11 is 0. The molecule has 5 nitrogen and oxygen atoms in total. The first-order chi connectivity index (χ1) is 8.15. The highest BCUT2D eigenvalue weighted by atomic mass is 35.5. The second-order valence-electron chi connectivity index (χ2n) is 4.98. The minimum absolute atomic E-state index is 0. The monoisotopic (exact) mass is 272 g/mol. The molecule has 0 saturated carbocycles. The van der Waals surface area contributed by atoms with Crippen molar-refractivity contribution in [2.75, 3.05) is 11.9 Å². The van der Waals surface area contributed by atoms with E-state index in [0.29, 0.717) is 5.92 Å². The molecule has 0 radical (unpaired) electrons. The Morgan fingerprint density at radius 1 is 1.67 bits per heavy atom. The van der Waals surface area contributed by atoms with Crippen LogP contribution in [0, 0.1) is 5.92 Å². The molecular formula is C12H21ClN4O. The third kappa shape index (κ3) is 3.99. The van der Waals surface area contributed by atoms with Crippen molar-refractivity contribution in [1.82, 2.24) is 15.1 Å². The number of hydrogen-bond acceptors (Lipinski definition) is 3. The van der Waals surface area contributed by atoms with Gasteiger partial charge in [-0.15, -0.1) is 12.4 Å². The van der Waals surface area contributed by atoms with E-state index in [9.17, 15) is 4.79 Å². The molecule has 1 aromatic rings. The van der Waals surface area contributed by atoms with E-state index < -0.39 is 0 Å². The summed E-state index contributed by atoms with van der Waals surface area (Å²) in [6.45, 7) is 6.09. The zero-order valence-corrected chi connectivity index (χ0v) is 11.7. The number of halogens is 1. The van der Waals surface area contributed by atoms with Gasteiger partial charge in [0.1, 0.15) is 0 Å². The predicted molar refractivity (Wildman–Crippen MR) is 74.0 cm³/mol.